The summed E-state index contributed by atoms with van der Waals surface area (Å²) in [4.78, 5) is 2.34. The molecule has 1 aliphatic carbocycles. The van der Waals surface area contributed by atoms with Crippen molar-refractivity contribution in [2.45, 2.75) is 65.0 Å². The fourth-order valence-electron chi connectivity index (χ4n) is 5.75. The third kappa shape index (κ3) is 8.94. The summed E-state index contributed by atoms with van der Waals surface area (Å²) in [5.74, 6) is 3.71. The predicted molar refractivity (Wildman–Crippen MR) is 178 cm³/mol. The van der Waals surface area contributed by atoms with Gasteiger partial charge in [0.15, 0.2) is 0 Å². The van der Waals surface area contributed by atoms with E-state index < -0.39 is 0 Å². The Kier molecular flexibility index (Phi) is 9.41. The maximum atomic E-state index is 6.08. The zero-order valence-electron chi connectivity index (χ0n) is 27.6. The van der Waals surface area contributed by atoms with Gasteiger partial charge in [0.25, 0.3) is 0 Å². The minimum absolute atomic E-state index is 0.280. The largest absolute Gasteiger partial charge is 0.493 e. The number of hydrogen-bond acceptors (Lipinski definition) is 8. The molecule has 8 nitrogen and oxygen atoms in total. The Balaban J connectivity index is 0.000000152. The lowest BCUT2D eigenvalue weighted by molar-refractivity contribution is 0.260. The van der Waals surface area contributed by atoms with E-state index in [1.54, 1.807) is 0 Å². The summed E-state index contributed by atoms with van der Waals surface area (Å²) < 4.78 is 38.7. The molecule has 1 saturated carbocycles. The van der Waals surface area contributed by atoms with Gasteiger partial charge in [0.2, 0.25) is 0 Å². The molecule has 0 bridgehead atoms. The van der Waals surface area contributed by atoms with Gasteiger partial charge in [-0.05, 0) is 128 Å². The van der Waals surface area contributed by atoms with E-state index in [1.165, 1.54) is 51.9 Å². The minimum atomic E-state index is 0.280. The van der Waals surface area contributed by atoms with Crippen LogP contribution in [0.2, 0.25) is 0 Å². The van der Waals surface area contributed by atoms with Crippen molar-refractivity contribution < 1.29 is 33.2 Å². The van der Waals surface area contributed by atoms with Gasteiger partial charge in [-0.15, -0.1) is 0 Å². The highest BCUT2D eigenvalue weighted by Crippen LogP contribution is 2.36. The van der Waals surface area contributed by atoms with Crippen LogP contribution in [0, 0.1) is 33.6 Å². The molecule has 0 N–H and O–H groups in total. The molecule has 4 unspecified atom stereocenters. The maximum absolute atomic E-state index is 6.08. The van der Waals surface area contributed by atoms with Crippen molar-refractivity contribution in [2.75, 3.05) is 64.2 Å². The summed E-state index contributed by atoms with van der Waals surface area (Å²) in [5.41, 5.74) is 8.43. The summed E-state index contributed by atoms with van der Waals surface area (Å²) in [6.07, 6.45) is 3.98. The lowest BCUT2D eigenvalue weighted by atomic mass is 9.96. The summed E-state index contributed by atoms with van der Waals surface area (Å²) in [7, 11) is 0. The van der Waals surface area contributed by atoms with Crippen molar-refractivity contribution in [3.05, 3.63) is 70.8 Å². The van der Waals surface area contributed by atoms with Gasteiger partial charge in [-0.3, -0.25) is 0 Å². The average Bonchev–Trinajstić information content (AvgIpc) is 3.83. The second-order valence-electron chi connectivity index (χ2n) is 13.5. The molecule has 0 spiro atoms. The van der Waals surface area contributed by atoms with Gasteiger partial charge in [-0.25, -0.2) is 0 Å². The maximum Gasteiger partial charge on any atom is 0.125 e. The van der Waals surface area contributed by atoms with Gasteiger partial charge in [0, 0.05) is 18.8 Å². The molecule has 0 radical (unpaired) electrons. The number of rotatable bonds is 15. The number of benzene rings is 3. The van der Waals surface area contributed by atoms with Gasteiger partial charge in [0.05, 0.1) is 45.2 Å². The van der Waals surface area contributed by atoms with Gasteiger partial charge < -0.3 is 38.1 Å². The van der Waals surface area contributed by atoms with E-state index in [0.29, 0.717) is 31.5 Å². The molecule has 3 aromatic rings. The molecule has 0 amide bonds. The first kappa shape index (κ1) is 31.3. The van der Waals surface area contributed by atoms with Crippen LogP contribution in [0.3, 0.4) is 0 Å². The Morgan fingerprint density at radius 1 is 0.565 bits per heavy atom. The van der Waals surface area contributed by atoms with Crippen molar-refractivity contribution >= 4 is 5.69 Å². The number of anilines is 1. The lowest BCUT2D eigenvalue weighted by Crippen LogP contribution is -2.31. The Bertz CT molecular complexity index is 1360. The van der Waals surface area contributed by atoms with Gasteiger partial charge in [-0.2, -0.15) is 0 Å². The van der Waals surface area contributed by atoms with Crippen LogP contribution >= 0.6 is 0 Å². The van der Waals surface area contributed by atoms with E-state index in [0.717, 1.165) is 69.3 Å². The normalized spacial score (nSPS) is 23.6. The highest BCUT2D eigenvalue weighted by atomic mass is 16.6. The van der Waals surface area contributed by atoms with Crippen molar-refractivity contribution in [1.82, 2.24) is 0 Å². The quantitative estimate of drug-likeness (QED) is 0.183. The molecule has 46 heavy (non-hydrogen) atoms. The molecule has 3 aromatic carbocycles. The summed E-state index contributed by atoms with van der Waals surface area (Å²) >= 11 is 0. The number of epoxide rings is 4. The average molecular weight is 630 g/mol. The second kappa shape index (κ2) is 13.8. The smallest absolute Gasteiger partial charge is 0.125 e. The molecule has 5 fully saturated rings. The van der Waals surface area contributed by atoms with E-state index in [1.807, 2.05) is 12.1 Å². The zero-order valence-corrected chi connectivity index (χ0v) is 27.6. The first-order valence-electron chi connectivity index (χ1n) is 16.8. The fourth-order valence-corrected chi connectivity index (χ4v) is 5.75. The van der Waals surface area contributed by atoms with Crippen molar-refractivity contribution in [1.29, 1.82) is 0 Å². The van der Waals surface area contributed by atoms with Crippen LogP contribution in [0.1, 0.15) is 35.1 Å². The van der Waals surface area contributed by atoms with E-state index in [2.05, 4.69) is 69.0 Å². The summed E-state index contributed by atoms with van der Waals surface area (Å²) in [6.45, 7) is 16.0. The molecule has 5 aliphatic rings. The molecule has 0 aromatic heterocycles. The van der Waals surface area contributed by atoms with Crippen LogP contribution < -0.4 is 19.1 Å². The predicted octanol–water partition coefficient (Wildman–Crippen LogP) is 6.22. The van der Waals surface area contributed by atoms with E-state index in [9.17, 15) is 0 Å². The minimum Gasteiger partial charge on any atom is -0.493 e. The first-order chi connectivity index (χ1) is 22.4. The molecule has 4 atom stereocenters. The molecule has 4 heterocycles. The van der Waals surface area contributed by atoms with Crippen LogP contribution in [0.5, 0.6) is 17.2 Å². The summed E-state index contributed by atoms with van der Waals surface area (Å²) in [5, 5.41) is 0. The van der Waals surface area contributed by atoms with Crippen molar-refractivity contribution in [3.8, 4) is 28.4 Å². The van der Waals surface area contributed by atoms with Crippen LogP contribution in [-0.4, -0.2) is 83.8 Å². The Hall–Kier alpha value is -3.30. The number of aryl methyl sites for hydroxylation is 4. The van der Waals surface area contributed by atoms with Crippen LogP contribution in [0.15, 0.2) is 48.5 Å². The molecule has 4 aliphatic heterocycles. The molecule has 246 valence electrons. The van der Waals surface area contributed by atoms with E-state index >= 15 is 0 Å². The standard InChI is InChI=1S/C23H28O3.C15H19NO4/c1-14-7-19(8-15(2)22(14)25-11-18-5-6-18)20-9-16(3)23(17(4)10-20)26-13-21-12-24-21;1-3-12(17-9-15-10-20-15)4-2-11(1)16(5-13-7-18-13)6-14-8-19-14/h7-10,18,21H,5-6,11-13H2,1-4H3;1-4,13-15H,5-10H2. The van der Waals surface area contributed by atoms with Gasteiger partial charge >= 0.3 is 0 Å². The molecule has 8 rings (SSSR count). The lowest BCUT2D eigenvalue weighted by Gasteiger charge is -2.23. The van der Waals surface area contributed by atoms with Crippen molar-refractivity contribution in [2.24, 2.45) is 5.92 Å². The van der Waals surface area contributed by atoms with E-state index in [-0.39, 0.29) is 6.10 Å². The molecule has 8 heteroatoms. The Labute approximate surface area is 272 Å². The zero-order chi connectivity index (χ0) is 31.6. The van der Waals surface area contributed by atoms with Crippen LogP contribution in [0.25, 0.3) is 11.1 Å². The second-order valence-corrected chi connectivity index (χ2v) is 13.5. The van der Waals surface area contributed by atoms with Gasteiger partial charge in [-0.1, -0.05) is 0 Å². The highest BCUT2D eigenvalue weighted by Gasteiger charge is 2.31. The topological polar surface area (TPSA) is 81.0 Å². The number of ether oxygens (including phenoxy) is 7. The molecular weight excluding hydrogens is 582 g/mol. The van der Waals surface area contributed by atoms with Crippen molar-refractivity contribution in [3.63, 3.8) is 0 Å². The molecule has 4 saturated heterocycles. The SMILES string of the molecule is Cc1cc(-c2cc(C)c(OCC3CO3)c(C)c2)cc(C)c1OCC1CC1.c1cc(N(CC2CO2)CC2CO2)ccc1OCC1CO1. The highest BCUT2D eigenvalue weighted by molar-refractivity contribution is 5.70. The fraction of sp³-hybridized carbons (Fsp3) is 0.526. The monoisotopic (exact) mass is 629 g/mol. The van der Waals surface area contributed by atoms with Gasteiger partial charge in [0.1, 0.15) is 42.7 Å². The Morgan fingerprint density at radius 3 is 1.39 bits per heavy atom. The molecular formula is C38H47NO7. The third-order valence-corrected chi connectivity index (χ3v) is 8.92. The van der Waals surface area contributed by atoms with Crippen LogP contribution in [0.4, 0.5) is 5.69 Å². The van der Waals surface area contributed by atoms with Crippen LogP contribution in [-0.2, 0) is 18.9 Å². The first-order valence-corrected chi connectivity index (χ1v) is 16.8. The number of hydrogen-bond donors (Lipinski definition) is 0. The third-order valence-electron chi connectivity index (χ3n) is 8.92. The Morgan fingerprint density at radius 2 is 0.978 bits per heavy atom. The number of nitrogens with zero attached hydrogens (tertiary/aromatic N) is 1. The summed E-state index contributed by atoms with van der Waals surface area (Å²) in [6, 6.07) is 17.2. The van der Waals surface area contributed by atoms with E-state index in [4.69, 9.17) is 33.2 Å².